The van der Waals surface area contributed by atoms with E-state index in [-0.39, 0.29) is 26.6 Å². The van der Waals surface area contributed by atoms with Gasteiger partial charge in [0.15, 0.2) is 11.5 Å². The molecule has 1 aliphatic heterocycles. The summed E-state index contributed by atoms with van der Waals surface area (Å²) in [7, 11) is -4.01. The van der Waals surface area contributed by atoms with Crippen LogP contribution in [0, 0.1) is 0 Å². The third-order valence-corrected chi connectivity index (χ3v) is 7.31. The molecule has 2 heterocycles. The van der Waals surface area contributed by atoms with Crippen LogP contribution in [0.4, 0.5) is 5.69 Å². The van der Waals surface area contributed by atoms with Crippen molar-refractivity contribution in [1.29, 1.82) is 0 Å². The highest BCUT2D eigenvalue weighted by Crippen LogP contribution is 2.42. The number of phenols is 1. The van der Waals surface area contributed by atoms with Gasteiger partial charge in [-0.05, 0) is 35.9 Å². The van der Waals surface area contributed by atoms with Gasteiger partial charge < -0.3 is 19.7 Å². The summed E-state index contributed by atoms with van der Waals surface area (Å²) in [6.45, 7) is 0.118. The largest absolute Gasteiger partial charge is 0.507 e. The molecule has 0 fully saturated rings. The van der Waals surface area contributed by atoms with E-state index in [1.165, 1.54) is 12.1 Å². The normalized spacial score (nSPS) is 12.7. The van der Waals surface area contributed by atoms with Gasteiger partial charge in [-0.3, -0.25) is 4.72 Å². The number of carboxylic acid groups (broad SMARTS) is 1. The molecule has 0 saturated heterocycles. The van der Waals surface area contributed by atoms with Gasteiger partial charge in [0.25, 0.3) is 10.0 Å². The second kappa shape index (κ2) is 7.14. The molecule has 0 atom stereocenters. The number of aromatic carboxylic acids is 1. The average molecular weight is 454 g/mol. The van der Waals surface area contributed by atoms with Crippen molar-refractivity contribution < 1.29 is 32.9 Å². The van der Waals surface area contributed by atoms with Gasteiger partial charge in [0.1, 0.15) is 19.9 Å². The van der Waals surface area contributed by atoms with E-state index < -0.39 is 21.7 Å². The number of carbonyl (C=O) groups is 1. The van der Waals surface area contributed by atoms with Crippen LogP contribution in [0.5, 0.6) is 17.2 Å². The van der Waals surface area contributed by atoms with Crippen LogP contribution >= 0.6 is 22.9 Å². The highest BCUT2D eigenvalue weighted by molar-refractivity contribution is 7.94. The zero-order chi connectivity index (χ0) is 20.8. The van der Waals surface area contributed by atoms with Crippen LogP contribution in [0.1, 0.15) is 10.4 Å². The first-order valence-electron chi connectivity index (χ1n) is 8.03. The molecule has 8 nitrogen and oxygen atoms in total. The van der Waals surface area contributed by atoms with Crippen molar-refractivity contribution in [2.45, 2.75) is 4.21 Å². The van der Waals surface area contributed by atoms with E-state index in [0.29, 0.717) is 22.6 Å². The zero-order valence-electron chi connectivity index (χ0n) is 14.4. The number of hydrogen-bond donors (Lipinski definition) is 3. The summed E-state index contributed by atoms with van der Waals surface area (Å²) < 4.78 is 38.6. The number of halogens is 1. The smallest absolute Gasteiger partial charge is 0.339 e. The van der Waals surface area contributed by atoms with E-state index in [1.54, 1.807) is 18.2 Å². The van der Waals surface area contributed by atoms with Crippen molar-refractivity contribution in [3.05, 3.63) is 52.4 Å². The summed E-state index contributed by atoms with van der Waals surface area (Å²) in [5.74, 6) is -0.737. The number of rotatable bonds is 5. The van der Waals surface area contributed by atoms with Crippen molar-refractivity contribution in [3.63, 3.8) is 0 Å². The number of hydrogen-bond acceptors (Lipinski definition) is 7. The van der Waals surface area contributed by atoms with Crippen LogP contribution in [0.2, 0.25) is 4.34 Å². The van der Waals surface area contributed by atoms with Crippen molar-refractivity contribution in [3.8, 4) is 28.4 Å². The number of thiophene rings is 1. The fraction of sp³-hybridized carbons (Fsp3) is 0.0556. The third kappa shape index (κ3) is 3.69. The lowest BCUT2D eigenvalue weighted by Gasteiger charge is -2.07. The first-order chi connectivity index (χ1) is 13.7. The second-order valence-electron chi connectivity index (χ2n) is 5.96. The number of aromatic hydroxyl groups is 1. The molecule has 3 aromatic rings. The van der Waals surface area contributed by atoms with E-state index in [0.717, 1.165) is 23.5 Å². The monoisotopic (exact) mass is 453 g/mol. The van der Waals surface area contributed by atoms with Gasteiger partial charge in [0, 0.05) is 11.6 Å². The molecular weight excluding hydrogens is 442 g/mol. The minimum atomic E-state index is -4.01. The molecule has 150 valence electrons. The molecule has 2 aromatic carbocycles. The van der Waals surface area contributed by atoms with E-state index in [9.17, 15) is 18.3 Å². The SMILES string of the molecule is O=C(O)c1ccc(NS(=O)(=O)c2cc(-c3ccc4c(c3)OCO4)c(Cl)s2)cc1O. The van der Waals surface area contributed by atoms with Crippen molar-refractivity contribution in [1.82, 2.24) is 0 Å². The van der Waals surface area contributed by atoms with E-state index >= 15 is 0 Å². The highest BCUT2D eigenvalue weighted by atomic mass is 35.5. The van der Waals surface area contributed by atoms with E-state index in [4.69, 9.17) is 26.2 Å². The second-order valence-corrected chi connectivity index (χ2v) is 9.53. The Bertz CT molecular complexity index is 1240. The fourth-order valence-electron chi connectivity index (χ4n) is 2.72. The topological polar surface area (TPSA) is 122 Å². The lowest BCUT2D eigenvalue weighted by molar-refractivity contribution is 0.0693. The van der Waals surface area contributed by atoms with Gasteiger partial charge in [0.2, 0.25) is 6.79 Å². The lowest BCUT2D eigenvalue weighted by Crippen LogP contribution is -2.11. The molecule has 0 aliphatic carbocycles. The molecule has 1 aliphatic rings. The van der Waals surface area contributed by atoms with Gasteiger partial charge in [-0.1, -0.05) is 17.7 Å². The minimum Gasteiger partial charge on any atom is -0.507 e. The Balaban J connectivity index is 1.64. The molecule has 11 heteroatoms. The summed E-state index contributed by atoms with van der Waals surface area (Å²) in [5, 5.41) is 18.7. The van der Waals surface area contributed by atoms with Crippen LogP contribution < -0.4 is 14.2 Å². The Morgan fingerprint density at radius 2 is 1.86 bits per heavy atom. The summed E-state index contributed by atoms with van der Waals surface area (Å²) in [6, 6.07) is 9.97. The molecule has 1 aromatic heterocycles. The van der Waals surface area contributed by atoms with Gasteiger partial charge >= 0.3 is 5.97 Å². The molecule has 0 spiro atoms. The van der Waals surface area contributed by atoms with Gasteiger partial charge in [-0.15, -0.1) is 11.3 Å². The number of benzene rings is 2. The van der Waals surface area contributed by atoms with Crippen LogP contribution in [-0.4, -0.2) is 31.4 Å². The van der Waals surface area contributed by atoms with E-state index in [2.05, 4.69) is 4.72 Å². The molecule has 0 unspecified atom stereocenters. The number of ether oxygens (including phenoxy) is 2. The Morgan fingerprint density at radius 1 is 1.10 bits per heavy atom. The fourth-order valence-corrected chi connectivity index (χ4v) is 5.54. The number of nitrogens with one attached hydrogen (secondary N) is 1. The molecule has 0 radical (unpaired) electrons. The minimum absolute atomic E-state index is 0.0154. The Kier molecular flexibility index (Phi) is 4.77. The molecule has 0 bridgehead atoms. The average Bonchev–Trinajstić information content (AvgIpc) is 3.27. The molecule has 0 amide bonds. The first kappa shape index (κ1) is 19.4. The maximum absolute atomic E-state index is 12.7. The predicted octanol–water partition coefficient (Wildman–Crippen LogP) is 4.00. The summed E-state index contributed by atoms with van der Waals surface area (Å²) in [6.07, 6.45) is 0. The number of anilines is 1. The molecule has 4 rings (SSSR count). The Morgan fingerprint density at radius 3 is 2.59 bits per heavy atom. The molecule has 29 heavy (non-hydrogen) atoms. The summed E-state index contributed by atoms with van der Waals surface area (Å²) in [5.41, 5.74) is 0.860. The summed E-state index contributed by atoms with van der Waals surface area (Å²) >= 11 is 7.14. The maximum atomic E-state index is 12.7. The standard InChI is InChI=1S/C18H12ClNO7S2/c19-17-12(9-1-4-14-15(5-9)27-8-26-14)7-16(28-17)29(24,25)20-10-2-3-11(18(22)23)13(21)6-10/h1-7,20-21H,8H2,(H,22,23). The van der Waals surface area contributed by atoms with Gasteiger partial charge in [-0.25, -0.2) is 13.2 Å². The first-order valence-corrected chi connectivity index (χ1v) is 10.7. The number of sulfonamides is 1. The van der Waals surface area contributed by atoms with Gasteiger partial charge in [-0.2, -0.15) is 0 Å². The van der Waals surface area contributed by atoms with Crippen LogP contribution in [-0.2, 0) is 10.0 Å². The highest BCUT2D eigenvalue weighted by Gasteiger charge is 2.23. The van der Waals surface area contributed by atoms with Crippen molar-refractivity contribution >= 4 is 44.6 Å². The van der Waals surface area contributed by atoms with Crippen molar-refractivity contribution in [2.75, 3.05) is 11.5 Å². The third-order valence-electron chi connectivity index (χ3n) is 4.09. The Hall–Kier alpha value is -2.95. The van der Waals surface area contributed by atoms with Gasteiger partial charge in [0.05, 0.1) is 5.69 Å². The summed E-state index contributed by atoms with van der Waals surface area (Å²) in [4.78, 5) is 11.0. The molecule has 0 saturated carbocycles. The maximum Gasteiger partial charge on any atom is 0.339 e. The number of carboxylic acids is 1. The van der Waals surface area contributed by atoms with Crippen molar-refractivity contribution in [2.24, 2.45) is 0 Å². The van der Waals surface area contributed by atoms with Crippen LogP contribution in [0.15, 0.2) is 46.7 Å². The quantitative estimate of drug-likeness (QED) is 0.533. The van der Waals surface area contributed by atoms with Crippen LogP contribution in [0.25, 0.3) is 11.1 Å². The van der Waals surface area contributed by atoms with Crippen LogP contribution in [0.3, 0.4) is 0 Å². The predicted molar refractivity (Wildman–Crippen MR) is 107 cm³/mol. The zero-order valence-corrected chi connectivity index (χ0v) is 16.8. The molecule has 3 N–H and O–H groups in total. The number of fused-ring (bicyclic) bond motifs is 1. The lowest BCUT2D eigenvalue weighted by atomic mass is 10.1. The van der Waals surface area contributed by atoms with E-state index in [1.807, 2.05) is 0 Å². The Labute approximate surface area is 174 Å². The molecular formula is C18H12ClNO7S2.